The third kappa shape index (κ3) is 4.62. The number of nitrogens with zero attached hydrogens (tertiary/aromatic N) is 2. The van der Waals surface area contributed by atoms with Gasteiger partial charge in [0.15, 0.2) is 0 Å². The first kappa shape index (κ1) is 18.0. The summed E-state index contributed by atoms with van der Waals surface area (Å²) in [7, 11) is 0. The minimum absolute atomic E-state index is 0.221. The lowest BCUT2D eigenvalue weighted by molar-refractivity contribution is -0.136. The van der Waals surface area contributed by atoms with Crippen molar-refractivity contribution in [1.29, 1.82) is 0 Å². The van der Waals surface area contributed by atoms with E-state index in [0.29, 0.717) is 25.4 Å². The Labute approximate surface area is 151 Å². The second-order valence-electron chi connectivity index (χ2n) is 7.47. The monoisotopic (exact) mass is 342 g/mol. The van der Waals surface area contributed by atoms with Crippen molar-refractivity contribution < 1.29 is 9.59 Å². The van der Waals surface area contributed by atoms with Crippen molar-refractivity contribution in [3.63, 3.8) is 0 Å². The van der Waals surface area contributed by atoms with Gasteiger partial charge in [-0.25, -0.2) is 0 Å². The Bertz CT molecular complexity index is 608. The van der Waals surface area contributed by atoms with E-state index >= 15 is 0 Å². The first-order valence-electron chi connectivity index (χ1n) is 9.76. The lowest BCUT2D eigenvalue weighted by Gasteiger charge is -2.24. The highest BCUT2D eigenvalue weighted by molar-refractivity contribution is 5.79. The number of amides is 2. The molecule has 4 heteroatoms. The van der Waals surface area contributed by atoms with Gasteiger partial charge in [-0.15, -0.1) is 0 Å². The minimum Gasteiger partial charge on any atom is -0.341 e. The van der Waals surface area contributed by atoms with Crippen LogP contribution < -0.4 is 0 Å². The Morgan fingerprint density at radius 3 is 2.40 bits per heavy atom. The molecule has 1 aliphatic heterocycles. The Morgan fingerprint density at radius 2 is 1.64 bits per heavy atom. The fourth-order valence-electron chi connectivity index (χ4n) is 4.11. The van der Waals surface area contributed by atoms with Crippen molar-refractivity contribution in [1.82, 2.24) is 9.80 Å². The molecule has 0 aromatic heterocycles. The van der Waals surface area contributed by atoms with Gasteiger partial charge in [-0.05, 0) is 43.7 Å². The maximum absolute atomic E-state index is 12.6. The lowest BCUT2D eigenvalue weighted by atomic mass is 10.0. The number of carbonyl (C=O) groups is 2. The first-order chi connectivity index (χ1) is 12.1. The number of aryl methyl sites for hydroxylation is 2. The third-order valence-corrected chi connectivity index (χ3v) is 5.73. The highest BCUT2D eigenvalue weighted by atomic mass is 16.2. The summed E-state index contributed by atoms with van der Waals surface area (Å²) < 4.78 is 0. The maximum atomic E-state index is 12.6. The number of benzene rings is 1. The van der Waals surface area contributed by atoms with Gasteiger partial charge in [0.25, 0.3) is 0 Å². The molecule has 0 unspecified atom stereocenters. The zero-order chi connectivity index (χ0) is 17.6. The molecule has 1 saturated heterocycles. The molecular formula is C21H30N2O2. The van der Waals surface area contributed by atoms with Crippen LogP contribution in [0.15, 0.2) is 24.3 Å². The van der Waals surface area contributed by atoms with Gasteiger partial charge in [-0.1, -0.05) is 37.1 Å². The summed E-state index contributed by atoms with van der Waals surface area (Å²) in [5.41, 5.74) is 2.50. The molecule has 136 valence electrons. The average Bonchev–Trinajstić information content (AvgIpc) is 3.04. The Hall–Kier alpha value is -1.84. The van der Waals surface area contributed by atoms with E-state index in [1.54, 1.807) is 0 Å². The molecule has 1 aromatic rings. The Kier molecular flexibility index (Phi) is 6.11. The van der Waals surface area contributed by atoms with E-state index in [2.05, 4.69) is 19.1 Å². The molecular weight excluding hydrogens is 312 g/mol. The molecule has 0 spiro atoms. The summed E-state index contributed by atoms with van der Waals surface area (Å²) in [4.78, 5) is 29.2. The van der Waals surface area contributed by atoms with Crippen molar-refractivity contribution in [2.24, 2.45) is 5.92 Å². The molecule has 2 amide bonds. The van der Waals surface area contributed by atoms with Crippen molar-refractivity contribution in [2.75, 3.05) is 26.2 Å². The van der Waals surface area contributed by atoms with Gasteiger partial charge in [-0.2, -0.15) is 0 Å². The van der Waals surface area contributed by atoms with Gasteiger partial charge in [-0.3, -0.25) is 9.59 Å². The van der Waals surface area contributed by atoms with E-state index in [1.165, 1.54) is 24.0 Å². The quantitative estimate of drug-likeness (QED) is 0.843. The van der Waals surface area contributed by atoms with Crippen LogP contribution in [0, 0.1) is 12.8 Å². The molecule has 2 aliphatic rings. The molecule has 3 rings (SSSR count). The Morgan fingerprint density at radius 1 is 0.960 bits per heavy atom. The average molecular weight is 342 g/mol. The van der Waals surface area contributed by atoms with Crippen molar-refractivity contribution >= 4 is 11.8 Å². The van der Waals surface area contributed by atoms with Crippen LogP contribution in [0.5, 0.6) is 0 Å². The van der Waals surface area contributed by atoms with Crippen LogP contribution in [0.1, 0.15) is 49.7 Å². The SMILES string of the molecule is Cc1ccccc1CCC(=O)N1CCCN(C(=O)C2CCCC2)CC1. The topological polar surface area (TPSA) is 40.6 Å². The fourth-order valence-corrected chi connectivity index (χ4v) is 4.11. The summed E-state index contributed by atoms with van der Waals surface area (Å²) in [5, 5.41) is 0. The Balaban J connectivity index is 1.49. The minimum atomic E-state index is 0.221. The van der Waals surface area contributed by atoms with Crippen LogP contribution in [0.25, 0.3) is 0 Å². The molecule has 1 saturated carbocycles. The first-order valence-corrected chi connectivity index (χ1v) is 9.76. The second-order valence-corrected chi connectivity index (χ2v) is 7.47. The van der Waals surface area contributed by atoms with E-state index in [-0.39, 0.29) is 11.8 Å². The van der Waals surface area contributed by atoms with Crippen molar-refractivity contribution in [3.8, 4) is 0 Å². The largest absolute Gasteiger partial charge is 0.341 e. The standard InChI is InChI=1S/C21H30N2O2/c1-17-7-2-3-8-18(17)11-12-20(24)22-13-6-14-23(16-15-22)21(25)19-9-4-5-10-19/h2-3,7-8,19H,4-6,9-16H2,1H3. The molecule has 0 N–H and O–H groups in total. The molecule has 4 nitrogen and oxygen atoms in total. The third-order valence-electron chi connectivity index (χ3n) is 5.73. The molecule has 0 radical (unpaired) electrons. The van der Waals surface area contributed by atoms with Gasteiger partial charge < -0.3 is 9.80 Å². The van der Waals surface area contributed by atoms with E-state index in [1.807, 2.05) is 21.9 Å². The van der Waals surface area contributed by atoms with Crippen LogP contribution in [0.3, 0.4) is 0 Å². The van der Waals surface area contributed by atoms with Crippen molar-refractivity contribution in [3.05, 3.63) is 35.4 Å². The summed E-state index contributed by atoms with van der Waals surface area (Å²) in [6, 6.07) is 8.27. The summed E-state index contributed by atoms with van der Waals surface area (Å²) in [6.07, 6.45) is 6.73. The summed E-state index contributed by atoms with van der Waals surface area (Å²) >= 11 is 0. The van der Waals surface area contributed by atoms with Gasteiger partial charge in [0.1, 0.15) is 0 Å². The second kappa shape index (κ2) is 8.50. The van der Waals surface area contributed by atoms with E-state index < -0.39 is 0 Å². The van der Waals surface area contributed by atoms with Crippen LogP contribution in [-0.2, 0) is 16.0 Å². The van der Waals surface area contributed by atoms with Crippen LogP contribution >= 0.6 is 0 Å². The normalized spacial score (nSPS) is 19.1. The highest BCUT2D eigenvalue weighted by Crippen LogP contribution is 2.27. The number of hydrogen-bond acceptors (Lipinski definition) is 2. The van der Waals surface area contributed by atoms with Gasteiger partial charge in [0.05, 0.1) is 0 Å². The van der Waals surface area contributed by atoms with Crippen LogP contribution in [0.4, 0.5) is 0 Å². The molecule has 1 aromatic carbocycles. The van der Waals surface area contributed by atoms with Gasteiger partial charge in [0, 0.05) is 38.5 Å². The smallest absolute Gasteiger partial charge is 0.225 e. The zero-order valence-electron chi connectivity index (χ0n) is 15.4. The summed E-state index contributed by atoms with van der Waals surface area (Å²) in [5.74, 6) is 0.786. The summed E-state index contributed by atoms with van der Waals surface area (Å²) in [6.45, 7) is 5.06. The zero-order valence-corrected chi connectivity index (χ0v) is 15.4. The van der Waals surface area contributed by atoms with Gasteiger partial charge >= 0.3 is 0 Å². The number of carbonyl (C=O) groups excluding carboxylic acids is 2. The molecule has 1 aliphatic carbocycles. The number of rotatable bonds is 4. The van der Waals surface area contributed by atoms with Gasteiger partial charge in [0.2, 0.25) is 11.8 Å². The lowest BCUT2D eigenvalue weighted by Crippen LogP contribution is -2.39. The maximum Gasteiger partial charge on any atom is 0.225 e. The predicted molar refractivity (Wildman–Crippen MR) is 99.2 cm³/mol. The van der Waals surface area contributed by atoms with E-state index in [4.69, 9.17) is 0 Å². The predicted octanol–water partition coefficient (Wildman–Crippen LogP) is 3.18. The van der Waals surface area contributed by atoms with Crippen molar-refractivity contribution in [2.45, 2.75) is 51.9 Å². The van der Waals surface area contributed by atoms with E-state index in [9.17, 15) is 9.59 Å². The number of hydrogen-bond donors (Lipinski definition) is 0. The molecule has 2 fully saturated rings. The van der Waals surface area contributed by atoms with Crippen LogP contribution in [0.2, 0.25) is 0 Å². The van der Waals surface area contributed by atoms with Crippen LogP contribution in [-0.4, -0.2) is 47.8 Å². The molecule has 1 heterocycles. The van der Waals surface area contributed by atoms with E-state index in [0.717, 1.165) is 38.8 Å². The fraction of sp³-hybridized carbons (Fsp3) is 0.619. The molecule has 25 heavy (non-hydrogen) atoms. The highest BCUT2D eigenvalue weighted by Gasteiger charge is 2.29. The molecule has 0 atom stereocenters. The molecule has 0 bridgehead atoms.